The van der Waals surface area contributed by atoms with E-state index in [2.05, 4.69) is 5.10 Å². The number of nitrogens with zero attached hydrogens (tertiary/aromatic N) is 3. The van der Waals surface area contributed by atoms with Gasteiger partial charge in [-0.1, -0.05) is 0 Å². The number of nitro benzene ring substituents is 1. The van der Waals surface area contributed by atoms with E-state index in [1.807, 2.05) is 0 Å². The van der Waals surface area contributed by atoms with Crippen LogP contribution in [0.3, 0.4) is 0 Å². The fourth-order valence-corrected chi connectivity index (χ4v) is 1.35. The molecule has 0 fully saturated rings. The molecule has 0 spiro atoms. The number of halogens is 3. The number of alkyl halides is 3. The average molecular weight is 257 g/mol. The van der Waals surface area contributed by atoms with E-state index in [9.17, 15) is 23.3 Å². The molecular formula is C10H6F3N3O2. The van der Waals surface area contributed by atoms with E-state index in [1.165, 1.54) is 24.3 Å². The Kier molecular flexibility index (Phi) is 2.77. The first-order chi connectivity index (χ1) is 8.38. The van der Waals surface area contributed by atoms with Crippen molar-refractivity contribution in [2.24, 2.45) is 0 Å². The normalized spacial score (nSPS) is 11.5. The van der Waals surface area contributed by atoms with E-state index < -0.39 is 16.8 Å². The van der Waals surface area contributed by atoms with E-state index >= 15 is 0 Å². The maximum absolute atomic E-state index is 12.3. The molecule has 0 amide bonds. The van der Waals surface area contributed by atoms with Crippen LogP contribution in [0.25, 0.3) is 5.69 Å². The summed E-state index contributed by atoms with van der Waals surface area (Å²) >= 11 is 0. The number of hydrogen-bond donors (Lipinski definition) is 0. The van der Waals surface area contributed by atoms with Gasteiger partial charge >= 0.3 is 6.18 Å². The largest absolute Gasteiger partial charge is 0.435 e. The summed E-state index contributed by atoms with van der Waals surface area (Å²) in [6.45, 7) is 0. The molecule has 0 bridgehead atoms. The topological polar surface area (TPSA) is 61.0 Å². The Bertz CT molecular complexity index is 575. The van der Waals surface area contributed by atoms with Crippen molar-refractivity contribution in [2.45, 2.75) is 6.18 Å². The Labute approximate surface area is 98.6 Å². The SMILES string of the molecule is O=[N+]([O-])c1ccc(-n2ccc(C(F)(F)F)n2)cc1. The molecule has 8 heteroatoms. The molecule has 1 aromatic carbocycles. The van der Waals surface area contributed by atoms with Crippen molar-refractivity contribution in [3.8, 4) is 5.69 Å². The van der Waals surface area contributed by atoms with Crippen LogP contribution in [0.1, 0.15) is 5.69 Å². The lowest BCUT2D eigenvalue weighted by Crippen LogP contribution is -2.07. The zero-order chi connectivity index (χ0) is 13.3. The van der Waals surface area contributed by atoms with E-state index in [0.717, 1.165) is 16.9 Å². The number of rotatable bonds is 2. The van der Waals surface area contributed by atoms with Crippen LogP contribution in [-0.4, -0.2) is 14.7 Å². The molecule has 1 heterocycles. The van der Waals surface area contributed by atoms with Gasteiger partial charge in [0, 0.05) is 18.3 Å². The summed E-state index contributed by atoms with van der Waals surface area (Å²) in [5.74, 6) is 0. The molecule has 0 aliphatic rings. The van der Waals surface area contributed by atoms with Gasteiger partial charge in [-0.05, 0) is 18.2 Å². The van der Waals surface area contributed by atoms with Gasteiger partial charge in [0.2, 0.25) is 0 Å². The van der Waals surface area contributed by atoms with E-state index in [0.29, 0.717) is 5.69 Å². The van der Waals surface area contributed by atoms with Gasteiger partial charge in [0.25, 0.3) is 5.69 Å². The van der Waals surface area contributed by atoms with Gasteiger partial charge in [0.1, 0.15) is 0 Å². The zero-order valence-corrected chi connectivity index (χ0v) is 8.76. The van der Waals surface area contributed by atoms with Crippen molar-refractivity contribution in [3.63, 3.8) is 0 Å². The lowest BCUT2D eigenvalue weighted by Gasteiger charge is -2.02. The van der Waals surface area contributed by atoms with Crippen LogP contribution >= 0.6 is 0 Å². The van der Waals surface area contributed by atoms with Crippen molar-refractivity contribution in [3.05, 3.63) is 52.3 Å². The van der Waals surface area contributed by atoms with Crippen molar-refractivity contribution in [2.75, 3.05) is 0 Å². The Morgan fingerprint density at radius 2 is 1.78 bits per heavy atom. The molecule has 1 aromatic heterocycles. The van der Waals surface area contributed by atoms with Gasteiger partial charge < -0.3 is 0 Å². The van der Waals surface area contributed by atoms with Gasteiger partial charge in [-0.25, -0.2) is 4.68 Å². The van der Waals surface area contributed by atoms with Crippen LogP contribution in [0.4, 0.5) is 18.9 Å². The van der Waals surface area contributed by atoms with E-state index in [-0.39, 0.29) is 5.69 Å². The van der Waals surface area contributed by atoms with E-state index in [4.69, 9.17) is 0 Å². The third-order valence-electron chi connectivity index (χ3n) is 2.20. The van der Waals surface area contributed by atoms with E-state index in [1.54, 1.807) is 0 Å². The highest BCUT2D eigenvalue weighted by Crippen LogP contribution is 2.28. The Balaban J connectivity index is 2.32. The molecule has 0 aliphatic heterocycles. The second-order valence-electron chi connectivity index (χ2n) is 3.42. The lowest BCUT2D eigenvalue weighted by molar-refractivity contribution is -0.384. The van der Waals surface area contributed by atoms with Gasteiger partial charge in [0.15, 0.2) is 5.69 Å². The molecule has 2 aromatic rings. The first-order valence-electron chi connectivity index (χ1n) is 4.75. The van der Waals surface area contributed by atoms with Crippen molar-refractivity contribution < 1.29 is 18.1 Å². The van der Waals surface area contributed by atoms with Crippen molar-refractivity contribution in [1.29, 1.82) is 0 Å². The average Bonchev–Trinajstić information content (AvgIpc) is 2.78. The molecule has 5 nitrogen and oxygen atoms in total. The fourth-order valence-electron chi connectivity index (χ4n) is 1.35. The first-order valence-corrected chi connectivity index (χ1v) is 4.75. The second kappa shape index (κ2) is 4.13. The van der Waals surface area contributed by atoms with Crippen LogP contribution in [-0.2, 0) is 6.18 Å². The first kappa shape index (κ1) is 12.1. The minimum absolute atomic E-state index is 0.137. The van der Waals surface area contributed by atoms with Crippen molar-refractivity contribution in [1.82, 2.24) is 9.78 Å². The van der Waals surface area contributed by atoms with Gasteiger partial charge in [0.05, 0.1) is 10.6 Å². The number of aromatic nitrogens is 2. The highest BCUT2D eigenvalue weighted by Gasteiger charge is 2.33. The van der Waals surface area contributed by atoms with Gasteiger partial charge in [-0.3, -0.25) is 10.1 Å². The summed E-state index contributed by atoms with van der Waals surface area (Å²) in [5, 5.41) is 13.8. The molecule has 2 rings (SSSR count). The molecule has 0 saturated carbocycles. The molecular weight excluding hydrogens is 251 g/mol. The molecule has 0 N–H and O–H groups in total. The summed E-state index contributed by atoms with van der Waals surface area (Å²) in [7, 11) is 0. The van der Waals surface area contributed by atoms with Gasteiger partial charge in [-0.15, -0.1) is 0 Å². The van der Waals surface area contributed by atoms with Crippen LogP contribution in [0, 0.1) is 10.1 Å². The number of non-ortho nitro benzene ring substituents is 1. The van der Waals surface area contributed by atoms with Crippen LogP contribution in [0.5, 0.6) is 0 Å². The fraction of sp³-hybridized carbons (Fsp3) is 0.100. The highest BCUT2D eigenvalue weighted by atomic mass is 19.4. The summed E-state index contributed by atoms with van der Waals surface area (Å²) < 4.78 is 38.0. The molecule has 0 aliphatic carbocycles. The minimum atomic E-state index is -4.51. The zero-order valence-electron chi connectivity index (χ0n) is 8.76. The Morgan fingerprint density at radius 1 is 1.17 bits per heavy atom. The maximum Gasteiger partial charge on any atom is 0.435 e. The molecule has 94 valence electrons. The van der Waals surface area contributed by atoms with Crippen LogP contribution < -0.4 is 0 Å². The number of hydrogen-bond acceptors (Lipinski definition) is 3. The standard InChI is InChI=1S/C10H6F3N3O2/c11-10(12,13)9-5-6-15(14-9)7-1-3-8(4-2-7)16(17)18/h1-6H. The number of nitro groups is 1. The molecule has 0 unspecified atom stereocenters. The summed E-state index contributed by atoms with van der Waals surface area (Å²) in [6, 6.07) is 5.88. The summed E-state index contributed by atoms with van der Waals surface area (Å²) in [4.78, 5) is 9.83. The van der Waals surface area contributed by atoms with Crippen LogP contribution in [0.15, 0.2) is 36.5 Å². The quantitative estimate of drug-likeness (QED) is 0.613. The summed E-state index contributed by atoms with van der Waals surface area (Å²) in [6.07, 6.45) is -3.37. The Morgan fingerprint density at radius 3 is 2.22 bits per heavy atom. The molecule has 18 heavy (non-hydrogen) atoms. The molecule has 0 radical (unpaired) electrons. The lowest BCUT2D eigenvalue weighted by atomic mass is 10.3. The predicted octanol–water partition coefficient (Wildman–Crippen LogP) is 2.80. The summed E-state index contributed by atoms with van der Waals surface area (Å²) in [5.41, 5.74) is -0.834. The van der Waals surface area contributed by atoms with Gasteiger partial charge in [-0.2, -0.15) is 18.3 Å². The number of benzene rings is 1. The molecule has 0 atom stereocenters. The third kappa shape index (κ3) is 2.31. The van der Waals surface area contributed by atoms with Crippen molar-refractivity contribution >= 4 is 5.69 Å². The second-order valence-corrected chi connectivity index (χ2v) is 3.42. The molecule has 0 saturated heterocycles. The Hall–Kier alpha value is -2.38. The third-order valence-corrected chi connectivity index (χ3v) is 2.20. The van der Waals surface area contributed by atoms with Crippen LogP contribution in [0.2, 0.25) is 0 Å². The predicted molar refractivity (Wildman–Crippen MR) is 55.2 cm³/mol. The maximum atomic E-state index is 12.3. The highest BCUT2D eigenvalue weighted by molar-refractivity contribution is 5.40. The minimum Gasteiger partial charge on any atom is -0.258 e. The monoisotopic (exact) mass is 257 g/mol. The smallest absolute Gasteiger partial charge is 0.258 e.